The first kappa shape index (κ1) is 8.81. The summed E-state index contributed by atoms with van der Waals surface area (Å²) in [5, 5.41) is 3.32. The zero-order valence-corrected chi connectivity index (χ0v) is 7.79. The van der Waals surface area contributed by atoms with Gasteiger partial charge in [0.2, 0.25) is 0 Å². The van der Waals surface area contributed by atoms with E-state index in [9.17, 15) is 4.79 Å². The number of ether oxygens (including phenoxy) is 1. The Morgan fingerprint density at radius 3 is 3.15 bits per heavy atom. The monoisotopic (exact) mass is 184 g/mol. The lowest BCUT2D eigenvalue weighted by molar-refractivity contribution is 0.157. The van der Waals surface area contributed by atoms with Gasteiger partial charge in [0.25, 0.3) is 0 Å². The highest BCUT2D eigenvalue weighted by molar-refractivity contribution is 5.69. The number of cyclic esters (lactones) is 1. The van der Waals surface area contributed by atoms with E-state index in [0.29, 0.717) is 6.61 Å². The standard InChI is InChI=1S/C9H16N2O2/c12-9-11(5-6-13-9)4-2-8-1-3-10-7-8/h8,10H,1-7H2. The van der Waals surface area contributed by atoms with E-state index in [1.165, 1.54) is 6.42 Å². The Bertz CT molecular complexity index is 190. The lowest BCUT2D eigenvalue weighted by Gasteiger charge is -2.14. The van der Waals surface area contributed by atoms with E-state index in [2.05, 4.69) is 5.32 Å². The fraction of sp³-hybridized carbons (Fsp3) is 0.889. The van der Waals surface area contributed by atoms with Crippen molar-refractivity contribution in [1.29, 1.82) is 0 Å². The number of nitrogens with one attached hydrogen (secondary N) is 1. The van der Waals surface area contributed by atoms with Crippen LogP contribution in [0.15, 0.2) is 0 Å². The van der Waals surface area contributed by atoms with Crippen molar-refractivity contribution >= 4 is 6.09 Å². The number of carbonyl (C=O) groups excluding carboxylic acids is 1. The number of hydrogen-bond acceptors (Lipinski definition) is 3. The van der Waals surface area contributed by atoms with E-state index < -0.39 is 0 Å². The number of amides is 1. The molecular weight excluding hydrogens is 168 g/mol. The van der Waals surface area contributed by atoms with Crippen molar-refractivity contribution in [3.63, 3.8) is 0 Å². The molecule has 74 valence electrons. The van der Waals surface area contributed by atoms with Gasteiger partial charge in [-0.25, -0.2) is 4.79 Å². The van der Waals surface area contributed by atoms with Gasteiger partial charge in [-0.1, -0.05) is 0 Å². The highest BCUT2D eigenvalue weighted by Crippen LogP contribution is 2.14. The van der Waals surface area contributed by atoms with Gasteiger partial charge in [0.1, 0.15) is 6.61 Å². The minimum Gasteiger partial charge on any atom is -0.448 e. The van der Waals surface area contributed by atoms with Gasteiger partial charge in [-0.3, -0.25) is 0 Å². The van der Waals surface area contributed by atoms with Crippen LogP contribution in [0.2, 0.25) is 0 Å². The van der Waals surface area contributed by atoms with Crippen molar-refractivity contribution in [2.24, 2.45) is 5.92 Å². The van der Waals surface area contributed by atoms with Gasteiger partial charge in [-0.2, -0.15) is 0 Å². The smallest absolute Gasteiger partial charge is 0.409 e. The van der Waals surface area contributed by atoms with Crippen LogP contribution in [-0.2, 0) is 4.74 Å². The lowest BCUT2D eigenvalue weighted by Crippen LogP contribution is -2.27. The van der Waals surface area contributed by atoms with Crippen LogP contribution in [0.4, 0.5) is 4.79 Å². The van der Waals surface area contributed by atoms with Crippen LogP contribution in [-0.4, -0.2) is 43.8 Å². The molecule has 0 saturated carbocycles. The summed E-state index contributed by atoms with van der Waals surface area (Å²) in [5.41, 5.74) is 0. The second-order valence-electron chi connectivity index (χ2n) is 3.75. The summed E-state index contributed by atoms with van der Waals surface area (Å²) >= 11 is 0. The molecule has 13 heavy (non-hydrogen) atoms. The summed E-state index contributed by atoms with van der Waals surface area (Å²) in [6.07, 6.45) is 2.23. The van der Waals surface area contributed by atoms with Crippen LogP contribution in [0.25, 0.3) is 0 Å². The van der Waals surface area contributed by atoms with Crippen LogP contribution >= 0.6 is 0 Å². The molecule has 2 fully saturated rings. The molecule has 4 heteroatoms. The van der Waals surface area contributed by atoms with Crippen molar-refractivity contribution in [3.8, 4) is 0 Å². The first-order chi connectivity index (χ1) is 6.36. The van der Waals surface area contributed by atoms with E-state index in [1.54, 1.807) is 4.90 Å². The molecule has 1 amide bonds. The molecule has 0 bridgehead atoms. The van der Waals surface area contributed by atoms with Gasteiger partial charge in [0.05, 0.1) is 6.54 Å². The van der Waals surface area contributed by atoms with E-state index in [1.807, 2.05) is 0 Å². The van der Waals surface area contributed by atoms with E-state index in [0.717, 1.165) is 38.5 Å². The molecule has 0 radical (unpaired) electrons. The van der Waals surface area contributed by atoms with Crippen molar-refractivity contribution < 1.29 is 9.53 Å². The summed E-state index contributed by atoms with van der Waals surface area (Å²) < 4.78 is 4.85. The predicted octanol–water partition coefficient (Wildman–Crippen LogP) is 0.438. The molecule has 1 atom stereocenters. The Hall–Kier alpha value is -0.770. The maximum atomic E-state index is 11.1. The van der Waals surface area contributed by atoms with Gasteiger partial charge in [0, 0.05) is 6.54 Å². The van der Waals surface area contributed by atoms with E-state index >= 15 is 0 Å². The Morgan fingerprint density at radius 1 is 1.62 bits per heavy atom. The molecule has 0 aliphatic carbocycles. The molecule has 2 aliphatic rings. The van der Waals surface area contributed by atoms with Gasteiger partial charge < -0.3 is 15.0 Å². The summed E-state index contributed by atoms with van der Waals surface area (Å²) in [6, 6.07) is 0. The Balaban J connectivity index is 1.69. The molecule has 0 aromatic carbocycles. The third kappa shape index (κ3) is 2.12. The quantitative estimate of drug-likeness (QED) is 0.692. The van der Waals surface area contributed by atoms with Crippen LogP contribution in [0.3, 0.4) is 0 Å². The minimum absolute atomic E-state index is 0.133. The van der Waals surface area contributed by atoms with Gasteiger partial charge in [-0.15, -0.1) is 0 Å². The topological polar surface area (TPSA) is 41.6 Å². The average molecular weight is 184 g/mol. The molecule has 2 heterocycles. The van der Waals surface area contributed by atoms with Crippen LogP contribution in [0.1, 0.15) is 12.8 Å². The predicted molar refractivity (Wildman–Crippen MR) is 48.5 cm³/mol. The van der Waals surface area contributed by atoms with Crippen molar-refractivity contribution in [2.75, 3.05) is 32.8 Å². The fourth-order valence-electron chi connectivity index (χ4n) is 1.93. The van der Waals surface area contributed by atoms with E-state index in [-0.39, 0.29) is 6.09 Å². The first-order valence-electron chi connectivity index (χ1n) is 4.98. The van der Waals surface area contributed by atoms with Crippen LogP contribution < -0.4 is 5.32 Å². The second-order valence-corrected chi connectivity index (χ2v) is 3.75. The van der Waals surface area contributed by atoms with Gasteiger partial charge >= 0.3 is 6.09 Å². The minimum atomic E-state index is -0.133. The Kier molecular flexibility index (Phi) is 2.68. The van der Waals surface area contributed by atoms with Crippen LogP contribution in [0, 0.1) is 5.92 Å². The first-order valence-corrected chi connectivity index (χ1v) is 4.98. The Labute approximate surface area is 78.2 Å². The molecule has 2 rings (SSSR count). The second kappa shape index (κ2) is 3.96. The summed E-state index contributed by atoms with van der Waals surface area (Å²) in [7, 11) is 0. The van der Waals surface area contributed by atoms with Crippen molar-refractivity contribution in [3.05, 3.63) is 0 Å². The molecule has 1 N–H and O–H groups in total. The molecule has 0 aromatic rings. The maximum absolute atomic E-state index is 11.1. The largest absolute Gasteiger partial charge is 0.448 e. The zero-order chi connectivity index (χ0) is 9.10. The molecule has 4 nitrogen and oxygen atoms in total. The summed E-state index contributed by atoms with van der Waals surface area (Å²) in [4.78, 5) is 12.9. The zero-order valence-electron chi connectivity index (χ0n) is 7.79. The number of nitrogens with zero attached hydrogens (tertiary/aromatic N) is 1. The SMILES string of the molecule is O=C1OCCN1CCC1CCNC1. The maximum Gasteiger partial charge on any atom is 0.409 e. The normalized spacial score (nSPS) is 28.2. The van der Waals surface area contributed by atoms with Crippen LogP contribution in [0.5, 0.6) is 0 Å². The molecule has 0 aromatic heterocycles. The van der Waals surface area contributed by atoms with Gasteiger partial charge in [0.15, 0.2) is 0 Å². The summed E-state index contributed by atoms with van der Waals surface area (Å²) in [5.74, 6) is 0.758. The van der Waals surface area contributed by atoms with Crippen molar-refractivity contribution in [2.45, 2.75) is 12.8 Å². The molecule has 2 saturated heterocycles. The third-order valence-corrected chi connectivity index (χ3v) is 2.81. The molecule has 1 unspecified atom stereocenters. The fourth-order valence-corrected chi connectivity index (χ4v) is 1.93. The lowest BCUT2D eigenvalue weighted by atomic mass is 10.1. The molecular formula is C9H16N2O2. The highest BCUT2D eigenvalue weighted by Gasteiger charge is 2.23. The summed E-state index contributed by atoms with van der Waals surface area (Å²) in [6.45, 7) is 4.46. The number of carbonyl (C=O) groups is 1. The number of rotatable bonds is 3. The highest BCUT2D eigenvalue weighted by atomic mass is 16.6. The third-order valence-electron chi connectivity index (χ3n) is 2.81. The Morgan fingerprint density at radius 2 is 2.54 bits per heavy atom. The van der Waals surface area contributed by atoms with Crippen molar-refractivity contribution in [1.82, 2.24) is 10.2 Å². The van der Waals surface area contributed by atoms with Gasteiger partial charge in [-0.05, 0) is 31.8 Å². The molecule has 2 aliphatic heterocycles. The van der Waals surface area contributed by atoms with E-state index in [4.69, 9.17) is 4.74 Å². The average Bonchev–Trinajstić information content (AvgIpc) is 2.72. The molecule has 0 spiro atoms. The number of hydrogen-bond donors (Lipinski definition) is 1.